The summed E-state index contributed by atoms with van der Waals surface area (Å²) < 4.78 is 0. The van der Waals surface area contributed by atoms with Gasteiger partial charge in [-0.25, -0.2) is 0 Å². The summed E-state index contributed by atoms with van der Waals surface area (Å²) in [5, 5.41) is 0. The van der Waals surface area contributed by atoms with Crippen LogP contribution in [0.4, 0.5) is 0 Å². The Morgan fingerprint density at radius 1 is 1.50 bits per heavy atom. The largest absolute Gasteiger partial charge is 0.102 e. The number of allylic oxidation sites excluding steroid dienone is 8. The second kappa shape index (κ2) is 9.11. The Hall–Kier alpha value is -0.870. The minimum absolute atomic E-state index is 0.635. The van der Waals surface area contributed by atoms with Gasteiger partial charge in [-0.2, -0.15) is 0 Å². The quantitative estimate of drug-likeness (QED) is 0.412. The fourth-order valence-electron chi connectivity index (χ4n) is 2.21. The van der Waals surface area contributed by atoms with Gasteiger partial charge in [-0.05, 0) is 50.8 Å². The third-order valence-electron chi connectivity index (χ3n) is 3.23. The highest BCUT2D eigenvalue weighted by molar-refractivity contribution is 7.40. The third-order valence-corrected chi connectivity index (χ3v) is 3.80. The van der Waals surface area contributed by atoms with E-state index in [0.717, 1.165) is 34.3 Å². The molecule has 1 rings (SSSR count). The molecule has 0 nitrogen and oxygen atoms in total. The smallest absolute Gasteiger partial charge is 0.00902 e. The molecule has 0 spiro atoms. The standard InChI is InChI=1S/C17H25P/c1-4-5-11-16-12-6-7-13-17(16)15(2)10-8-9-14-18-3/h4-7,9,13-14,16,18H,2,8,10-12H2,1,3H3/b5-4?,14-9-. The van der Waals surface area contributed by atoms with E-state index in [1.807, 2.05) is 0 Å². The Morgan fingerprint density at radius 2 is 2.33 bits per heavy atom. The van der Waals surface area contributed by atoms with Crippen molar-refractivity contribution >= 4 is 8.58 Å². The van der Waals surface area contributed by atoms with Crippen molar-refractivity contribution in [1.82, 2.24) is 0 Å². The first-order chi connectivity index (χ1) is 8.79. The average molecular weight is 260 g/mol. The van der Waals surface area contributed by atoms with Gasteiger partial charge in [-0.3, -0.25) is 0 Å². The molecule has 0 aromatic rings. The first-order valence-corrected chi connectivity index (χ1v) is 8.35. The summed E-state index contributed by atoms with van der Waals surface area (Å²) in [5.74, 6) is 2.90. The van der Waals surface area contributed by atoms with E-state index in [0.29, 0.717) is 5.92 Å². The summed E-state index contributed by atoms with van der Waals surface area (Å²) in [4.78, 5) is 0. The zero-order valence-corrected chi connectivity index (χ0v) is 12.7. The second-order valence-corrected chi connectivity index (χ2v) is 5.53. The van der Waals surface area contributed by atoms with E-state index >= 15 is 0 Å². The lowest BCUT2D eigenvalue weighted by molar-refractivity contribution is 0.626. The lowest BCUT2D eigenvalue weighted by Crippen LogP contribution is -2.07. The monoisotopic (exact) mass is 260 g/mol. The van der Waals surface area contributed by atoms with E-state index in [1.54, 1.807) is 0 Å². The van der Waals surface area contributed by atoms with Gasteiger partial charge in [0.15, 0.2) is 0 Å². The summed E-state index contributed by atoms with van der Waals surface area (Å²) in [5.41, 5.74) is 2.78. The van der Waals surface area contributed by atoms with Crippen molar-refractivity contribution in [2.75, 3.05) is 6.66 Å². The van der Waals surface area contributed by atoms with Crippen molar-refractivity contribution in [3.8, 4) is 0 Å². The SMILES string of the molecule is C=C(CC/C=C\PC)C1=CC=CCC1CC=CC. The number of hydrogen-bond donors (Lipinski definition) is 0. The maximum Gasteiger partial charge on any atom is -0.00902 e. The zero-order valence-electron chi connectivity index (χ0n) is 11.7. The van der Waals surface area contributed by atoms with Crippen LogP contribution in [0.5, 0.6) is 0 Å². The van der Waals surface area contributed by atoms with Gasteiger partial charge in [-0.15, -0.1) is 8.58 Å². The van der Waals surface area contributed by atoms with Crippen LogP contribution in [-0.4, -0.2) is 6.66 Å². The molecule has 0 fully saturated rings. The molecule has 0 bridgehead atoms. The van der Waals surface area contributed by atoms with Crippen molar-refractivity contribution in [1.29, 1.82) is 0 Å². The lowest BCUT2D eigenvalue weighted by Gasteiger charge is -2.22. The molecule has 2 unspecified atom stereocenters. The fraction of sp³-hybridized carbons (Fsp3) is 0.412. The van der Waals surface area contributed by atoms with Gasteiger partial charge in [0, 0.05) is 0 Å². The maximum atomic E-state index is 4.28. The van der Waals surface area contributed by atoms with Crippen LogP contribution < -0.4 is 0 Å². The van der Waals surface area contributed by atoms with E-state index in [2.05, 4.69) is 62.4 Å². The van der Waals surface area contributed by atoms with Crippen LogP contribution in [0.1, 0.15) is 32.6 Å². The normalized spacial score (nSPS) is 20.3. The molecule has 1 heteroatoms. The molecule has 0 heterocycles. The summed E-state index contributed by atoms with van der Waals surface area (Å²) in [6, 6.07) is 0. The van der Waals surface area contributed by atoms with Crippen LogP contribution in [0.25, 0.3) is 0 Å². The predicted molar refractivity (Wildman–Crippen MR) is 86.5 cm³/mol. The molecule has 2 atom stereocenters. The maximum absolute atomic E-state index is 4.28. The molecule has 0 radical (unpaired) electrons. The van der Waals surface area contributed by atoms with Gasteiger partial charge in [0.1, 0.15) is 0 Å². The second-order valence-electron chi connectivity index (χ2n) is 4.62. The predicted octanol–water partition coefficient (Wildman–Crippen LogP) is 5.61. The van der Waals surface area contributed by atoms with Crippen molar-refractivity contribution in [3.05, 3.63) is 60.0 Å². The number of hydrogen-bond acceptors (Lipinski definition) is 0. The summed E-state index contributed by atoms with van der Waals surface area (Å²) in [6.07, 6.45) is 17.9. The molecule has 0 saturated carbocycles. The molecule has 1 aliphatic rings. The van der Waals surface area contributed by atoms with Crippen LogP contribution in [0.15, 0.2) is 60.0 Å². The Kier molecular flexibility index (Phi) is 7.69. The molecule has 98 valence electrons. The lowest BCUT2D eigenvalue weighted by atomic mass is 9.83. The van der Waals surface area contributed by atoms with Gasteiger partial charge in [0.2, 0.25) is 0 Å². The average Bonchev–Trinajstić information content (AvgIpc) is 2.41. The van der Waals surface area contributed by atoms with E-state index in [1.165, 1.54) is 11.1 Å². The summed E-state index contributed by atoms with van der Waals surface area (Å²) in [6.45, 7) is 8.57. The van der Waals surface area contributed by atoms with Crippen molar-refractivity contribution in [2.45, 2.75) is 32.6 Å². The zero-order chi connectivity index (χ0) is 13.2. The Labute approximate surface area is 114 Å². The van der Waals surface area contributed by atoms with Crippen LogP contribution in [-0.2, 0) is 0 Å². The minimum Gasteiger partial charge on any atom is -0.102 e. The van der Waals surface area contributed by atoms with Crippen molar-refractivity contribution < 1.29 is 0 Å². The van der Waals surface area contributed by atoms with Crippen LogP contribution in [0.3, 0.4) is 0 Å². The van der Waals surface area contributed by atoms with Gasteiger partial charge < -0.3 is 0 Å². The van der Waals surface area contributed by atoms with Gasteiger partial charge >= 0.3 is 0 Å². The fourth-order valence-corrected chi connectivity index (χ4v) is 2.61. The molecule has 1 aliphatic carbocycles. The molecular weight excluding hydrogens is 235 g/mol. The highest BCUT2D eigenvalue weighted by Crippen LogP contribution is 2.31. The molecule has 0 saturated heterocycles. The Balaban J connectivity index is 2.54. The first-order valence-electron chi connectivity index (χ1n) is 6.78. The molecule has 0 N–H and O–H groups in total. The molecule has 0 aliphatic heterocycles. The van der Waals surface area contributed by atoms with E-state index < -0.39 is 0 Å². The molecule has 18 heavy (non-hydrogen) atoms. The molecular formula is C17H25P. The van der Waals surface area contributed by atoms with E-state index in [4.69, 9.17) is 0 Å². The third kappa shape index (κ3) is 5.19. The van der Waals surface area contributed by atoms with E-state index in [-0.39, 0.29) is 0 Å². The topological polar surface area (TPSA) is 0 Å². The summed E-state index contributed by atoms with van der Waals surface area (Å²) >= 11 is 0. The van der Waals surface area contributed by atoms with Crippen molar-refractivity contribution in [3.63, 3.8) is 0 Å². The highest BCUT2D eigenvalue weighted by atomic mass is 31.1. The Bertz CT molecular complexity index is 369. The van der Waals surface area contributed by atoms with Crippen LogP contribution >= 0.6 is 8.58 Å². The van der Waals surface area contributed by atoms with Crippen LogP contribution in [0.2, 0.25) is 0 Å². The summed E-state index contributed by atoms with van der Waals surface area (Å²) in [7, 11) is 0.917. The van der Waals surface area contributed by atoms with Gasteiger partial charge in [-0.1, -0.05) is 54.4 Å². The van der Waals surface area contributed by atoms with Gasteiger partial charge in [0.05, 0.1) is 0 Å². The minimum atomic E-state index is 0.635. The molecule has 0 amide bonds. The molecule has 0 aromatic carbocycles. The molecule has 0 aromatic heterocycles. The van der Waals surface area contributed by atoms with Crippen molar-refractivity contribution in [2.24, 2.45) is 5.92 Å². The highest BCUT2D eigenvalue weighted by Gasteiger charge is 2.15. The van der Waals surface area contributed by atoms with Crippen LogP contribution in [0, 0.1) is 5.92 Å². The number of rotatable bonds is 7. The van der Waals surface area contributed by atoms with E-state index in [9.17, 15) is 0 Å². The van der Waals surface area contributed by atoms with Gasteiger partial charge in [0.25, 0.3) is 0 Å². The first kappa shape index (κ1) is 15.2. The Morgan fingerprint density at radius 3 is 3.06 bits per heavy atom.